The molecule has 114 valence electrons. The Labute approximate surface area is 128 Å². The number of fused-ring (bicyclic) bond motifs is 1. The highest BCUT2D eigenvalue weighted by Crippen LogP contribution is 2.23. The van der Waals surface area contributed by atoms with Crippen molar-refractivity contribution in [3.8, 4) is 0 Å². The average Bonchev–Trinajstić information content (AvgIpc) is 2.83. The number of thiophene rings is 1. The molecule has 1 aromatic carbocycles. The molecule has 3 rings (SSSR count). The molecule has 7 heteroatoms. The fourth-order valence-electron chi connectivity index (χ4n) is 2.32. The van der Waals surface area contributed by atoms with Crippen molar-refractivity contribution in [2.24, 2.45) is 0 Å². The molecule has 4 nitrogen and oxygen atoms in total. The van der Waals surface area contributed by atoms with Crippen molar-refractivity contribution in [2.75, 3.05) is 0 Å². The van der Waals surface area contributed by atoms with E-state index in [9.17, 15) is 18.7 Å². The predicted molar refractivity (Wildman–Crippen MR) is 79.9 cm³/mol. The van der Waals surface area contributed by atoms with Crippen LogP contribution in [0, 0.1) is 18.6 Å². The largest absolute Gasteiger partial charge is 0.386 e. The van der Waals surface area contributed by atoms with Crippen LogP contribution in [-0.2, 0) is 6.54 Å². The number of aliphatic hydroxyl groups is 1. The Morgan fingerprint density at radius 3 is 2.73 bits per heavy atom. The van der Waals surface area contributed by atoms with E-state index in [-0.39, 0.29) is 12.1 Å². The first kappa shape index (κ1) is 14.8. The molecule has 0 saturated heterocycles. The van der Waals surface area contributed by atoms with Crippen LogP contribution in [-0.4, -0.2) is 14.7 Å². The topological polar surface area (TPSA) is 55.1 Å². The van der Waals surface area contributed by atoms with Crippen LogP contribution in [0.3, 0.4) is 0 Å². The van der Waals surface area contributed by atoms with Crippen molar-refractivity contribution < 1.29 is 13.9 Å². The van der Waals surface area contributed by atoms with Gasteiger partial charge in [0, 0.05) is 4.88 Å². The minimum Gasteiger partial charge on any atom is -0.386 e. The van der Waals surface area contributed by atoms with Gasteiger partial charge in [-0.2, -0.15) is 0 Å². The summed E-state index contributed by atoms with van der Waals surface area (Å²) in [5.41, 5.74) is -0.791. The maximum atomic E-state index is 13.7. The monoisotopic (exact) mass is 322 g/mol. The zero-order valence-electron chi connectivity index (χ0n) is 11.6. The summed E-state index contributed by atoms with van der Waals surface area (Å²) in [7, 11) is 0. The maximum Gasteiger partial charge on any atom is 0.262 e. The number of aryl methyl sites for hydroxylation is 1. The Bertz CT molecular complexity index is 884. The summed E-state index contributed by atoms with van der Waals surface area (Å²) in [5.74, 6) is -1.69. The fourth-order valence-corrected chi connectivity index (χ4v) is 3.15. The first-order valence-corrected chi connectivity index (χ1v) is 7.36. The van der Waals surface area contributed by atoms with Crippen LogP contribution in [0.1, 0.15) is 16.5 Å². The number of rotatable bonds is 3. The van der Waals surface area contributed by atoms with E-state index < -0.39 is 23.3 Å². The Kier molecular flexibility index (Phi) is 3.76. The summed E-state index contributed by atoms with van der Waals surface area (Å²) in [5, 5.41) is 10.5. The molecule has 2 aromatic heterocycles. The molecule has 0 bridgehead atoms. The lowest BCUT2D eigenvalue weighted by Crippen LogP contribution is -2.24. The van der Waals surface area contributed by atoms with Crippen molar-refractivity contribution in [1.82, 2.24) is 9.55 Å². The third kappa shape index (κ3) is 2.53. The molecule has 3 aromatic rings. The Balaban J connectivity index is 1.99. The summed E-state index contributed by atoms with van der Waals surface area (Å²) in [6.07, 6.45) is -0.194. The quantitative estimate of drug-likeness (QED) is 0.807. The van der Waals surface area contributed by atoms with Crippen LogP contribution < -0.4 is 5.56 Å². The van der Waals surface area contributed by atoms with Crippen LogP contribution in [0.5, 0.6) is 0 Å². The molecule has 0 fully saturated rings. The van der Waals surface area contributed by atoms with E-state index in [0.29, 0.717) is 10.2 Å². The second-order valence-electron chi connectivity index (χ2n) is 4.93. The van der Waals surface area contributed by atoms with E-state index in [4.69, 9.17) is 0 Å². The molecule has 1 atom stereocenters. The lowest BCUT2D eigenvalue weighted by molar-refractivity contribution is 0.145. The van der Waals surface area contributed by atoms with Gasteiger partial charge in [-0.15, -0.1) is 11.3 Å². The van der Waals surface area contributed by atoms with Crippen molar-refractivity contribution in [2.45, 2.75) is 19.6 Å². The highest BCUT2D eigenvalue weighted by molar-refractivity contribution is 7.18. The van der Waals surface area contributed by atoms with Gasteiger partial charge in [0.15, 0.2) is 0 Å². The van der Waals surface area contributed by atoms with Gasteiger partial charge in [-0.3, -0.25) is 9.36 Å². The van der Waals surface area contributed by atoms with Gasteiger partial charge < -0.3 is 5.11 Å². The standard InChI is InChI=1S/C15H12F2N2O2S/c1-8-5-9-14(22-8)18-7-19(15(9)21)6-12(20)13-10(16)3-2-4-11(13)17/h2-5,7,12,20H,6H2,1H3. The SMILES string of the molecule is Cc1cc2c(=O)n(CC(O)c3c(F)cccc3F)cnc2s1. The van der Waals surface area contributed by atoms with Gasteiger partial charge >= 0.3 is 0 Å². The molecule has 0 aliphatic heterocycles. The summed E-state index contributed by atoms with van der Waals surface area (Å²) in [6, 6.07) is 5.05. The van der Waals surface area contributed by atoms with Gasteiger partial charge in [0.25, 0.3) is 5.56 Å². The van der Waals surface area contributed by atoms with Gasteiger partial charge in [-0.1, -0.05) is 6.07 Å². The Morgan fingerprint density at radius 2 is 2.05 bits per heavy atom. The minimum absolute atomic E-state index is 0.269. The van der Waals surface area contributed by atoms with E-state index in [1.165, 1.54) is 23.7 Å². The van der Waals surface area contributed by atoms with Crippen LogP contribution in [0.25, 0.3) is 10.2 Å². The van der Waals surface area contributed by atoms with Gasteiger partial charge in [-0.25, -0.2) is 13.8 Å². The first-order valence-electron chi connectivity index (χ1n) is 6.55. The summed E-state index contributed by atoms with van der Waals surface area (Å²) in [6.45, 7) is 1.59. The number of halogens is 2. The molecule has 0 aliphatic rings. The van der Waals surface area contributed by atoms with E-state index in [1.807, 2.05) is 6.92 Å². The molecule has 0 amide bonds. The van der Waals surface area contributed by atoms with Gasteiger partial charge in [-0.05, 0) is 25.1 Å². The number of hydrogen-bond acceptors (Lipinski definition) is 4. The highest BCUT2D eigenvalue weighted by atomic mass is 32.1. The third-order valence-corrected chi connectivity index (χ3v) is 4.30. The Morgan fingerprint density at radius 1 is 1.36 bits per heavy atom. The summed E-state index contributed by atoms with van der Waals surface area (Å²) < 4.78 is 28.5. The predicted octanol–water partition coefficient (Wildman–Crippen LogP) is 2.78. The number of benzene rings is 1. The van der Waals surface area contributed by atoms with Crippen molar-refractivity contribution in [3.05, 3.63) is 63.0 Å². The number of hydrogen-bond donors (Lipinski definition) is 1. The molecule has 2 heterocycles. The molecule has 1 N–H and O–H groups in total. The summed E-state index contributed by atoms with van der Waals surface area (Å²) in [4.78, 5) is 18.0. The second-order valence-corrected chi connectivity index (χ2v) is 6.16. The van der Waals surface area contributed by atoms with Crippen molar-refractivity contribution in [1.29, 1.82) is 0 Å². The maximum absolute atomic E-state index is 13.7. The molecule has 0 aliphatic carbocycles. The van der Waals surface area contributed by atoms with E-state index >= 15 is 0 Å². The number of aromatic nitrogens is 2. The lowest BCUT2D eigenvalue weighted by Gasteiger charge is -2.14. The van der Waals surface area contributed by atoms with Gasteiger partial charge in [0.1, 0.15) is 22.6 Å². The first-order chi connectivity index (χ1) is 10.5. The number of nitrogens with zero attached hydrogens (tertiary/aromatic N) is 2. The molecule has 0 spiro atoms. The zero-order valence-corrected chi connectivity index (χ0v) is 12.4. The molecule has 22 heavy (non-hydrogen) atoms. The lowest BCUT2D eigenvalue weighted by atomic mass is 10.1. The molecule has 0 saturated carbocycles. The number of aliphatic hydroxyl groups excluding tert-OH is 1. The Hall–Kier alpha value is -2.12. The summed E-state index contributed by atoms with van der Waals surface area (Å²) >= 11 is 1.39. The van der Waals surface area contributed by atoms with E-state index in [0.717, 1.165) is 21.6 Å². The minimum atomic E-state index is -1.47. The van der Waals surface area contributed by atoms with E-state index in [2.05, 4.69) is 4.98 Å². The molecule has 0 radical (unpaired) electrons. The smallest absolute Gasteiger partial charge is 0.262 e. The van der Waals surface area contributed by atoms with E-state index in [1.54, 1.807) is 6.07 Å². The normalized spacial score (nSPS) is 12.7. The van der Waals surface area contributed by atoms with Crippen LogP contribution >= 0.6 is 11.3 Å². The third-order valence-electron chi connectivity index (χ3n) is 3.34. The molecular weight excluding hydrogens is 310 g/mol. The highest BCUT2D eigenvalue weighted by Gasteiger charge is 2.19. The fraction of sp³-hybridized carbons (Fsp3) is 0.200. The van der Waals surface area contributed by atoms with Crippen LogP contribution in [0.4, 0.5) is 8.78 Å². The molecule has 1 unspecified atom stereocenters. The zero-order chi connectivity index (χ0) is 15.9. The second kappa shape index (κ2) is 5.58. The molecular formula is C15H12F2N2O2S. The van der Waals surface area contributed by atoms with Crippen LogP contribution in [0.15, 0.2) is 35.4 Å². The van der Waals surface area contributed by atoms with Crippen molar-refractivity contribution >= 4 is 21.6 Å². The van der Waals surface area contributed by atoms with Crippen LogP contribution in [0.2, 0.25) is 0 Å². The van der Waals surface area contributed by atoms with Crippen molar-refractivity contribution in [3.63, 3.8) is 0 Å². The average molecular weight is 322 g/mol. The van der Waals surface area contributed by atoms with Gasteiger partial charge in [0.2, 0.25) is 0 Å². The van der Waals surface area contributed by atoms with Gasteiger partial charge in [0.05, 0.1) is 23.8 Å².